The number of aromatic nitrogens is 1. The molecule has 0 atom stereocenters. The minimum Gasteiger partial charge on any atom is -0.354 e. The van der Waals surface area contributed by atoms with Crippen LogP contribution in [0.25, 0.3) is 21.8 Å². The summed E-state index contributed by atoms with van der Waals surface area (Å²) in [6, 6.07) is 17.2. The second-order valence-electron chi connectivity index (χ2n) is 6.06. The van der Waals surface area contributed by atoms with Gasteiger partial charge in [0.2, 0.25) is 0 Å². The zero-order valence-electron chi connectivity index (χ0n) is 14.4. The van der Waals surface area contributed by atoms with Gasteiger partial charge in [0.05, 0.1) is 27.3 Å². The second-order valence-corrected chi connectivity index (χ2v) is 6.88. The molecular formula is C21H13Cl2N3O2. The van der Waals surface area contributed by atoms with Crippen molar-refractivity contribution in [2.24, 2.45) is 5.10 Å². The normalized spacial score (nSPS) is 11.4. The molecule has 1 aromatic heterocycles. The van der Waals surface area contributed by atoms with Crippen LogP contribution in [0.3, 0.4) is 0 Å². The minimum absolute atomic E-state index is 0.134. The number of carbonyl (C=O) groups is 1. The number of para-hydroxylation sites is 2. The lowest BCUT2D eigenvalue weighted by molar-refractivity contribution is 0.0956. The van der Waals surface area contributed by atoms with Crippen LogP contribution < -0.4 is 10.9 Å². The summed E-state index contributed by atoms with van der Waals surface area (Å²) in [5.74, 6) is -0.462. The molecule has 0 saturated carbocycles. The van der Waals surface area contributed by atoms with Crippen molar-refractivity contribution in [3.05, 3.63) is 92.1 Å². The zero-order chi connectivity index (χ0) is 19.7. The topological polar surface area (TPSA) is 74.3 Å². The summed E-state index contributed by atoms with van der Waals surface area (Å²) in [6.07, 6.45) is 1.38. The van der Waals surface area contributed by atoms with Crippen LogP contribution in [0.2, 0.25) is 10.0 Å². The molecule has 0 aliphatic carbocycles. The van der Waals surface area contributed by atoms with E-state index in [-0.39, 0.29) is 5.43 Å². The van der Waals surface area contributed by atoms with E-state index >= 15 is 0 Å². The molecule has 0 fully saturated rings. The smallest absolute Gasteiger partial charge is 0.273 e. The predicted octanol–water partition coefficient (Wildman–Crippen LogP) is 4.75. The van der Waals surface area contributed by atoms with Crippen LogP contribution in [0.4, 0.5) is 0 Å². The number of pyridine rings is 1. The molecule has 5 nitrogen and oxygen atoms in total. The summed E-state index contributed by atoms with van der Waals surface area (Å²) in [5.41, 5.74) is 4.24. The fourth-order valence-corrected chi connectivity index (χ4v) is 3.48. The van der Waals surface area contributed by atoms with Crippen molar-refractivity contribution in [2.45, 2.75) is 0 Å². The fourth-order valence-electron chi connectivity index (χ4n) is 2.99. The molecule has 1 heterocycles. The maximum atomic E-state index is 12.7. The van der Waals surface area contributed by atoms with Gasteiger partial charge in [0, 0.05) is 21.9 Å². The number of halogens is 2. The molecule has 7 heteroatoms. The Labute approximate surface area is 169 Å². The Hall–Kier alpha value is -3.15. The van der Waals surface area contributed by atoms with Crippen molar-refractivity contribution >= 4 is 57.1 Å². The Balaban J connectivity index is 1.72. The minimum atomic E-state index is -0.462. The van der Waals surface area contributed by atoms with Crippen molar-refractivity contribution < 1.29 is 4.79 Å². The quantitative estimate of drug-likeness (QED) is 0.291. The first-order chi connectivity index (χ1) is 13.6. The van der Waals surface area contributed by atoms with E-state index in [1.165, 1.54) is 6.21 Å². The lowest BCUT2D eigenvalue weighted by atomic mass is 10.1. The van der Waals surface area contributed by atoms with Crippen LogP contribution in [-0.4, -0.2) is 17.1 Å². The van der Waals surface area contributed by atoms with Crippen LogP contribution in [0.1, 0.15) is 15.9 Å². The third kappa shape index (κ3) is 3.26. The van der Waals surface area contributed by atoms with E-state index in [2.05, 4.69) is 15.5 Å². The van der Waals surface area contributed by atoms with Gasteiger partial charge in [-0.2, -0.15) is 5.10 Å². The van der Waals surface area contributed by atoms with E-state index in [1.807, 2.05) is 6.07 Å². The summed E-state index contributed by atoms with van der Waals surface area (Å²) in [4.78, 5) is 28.6. The fraction of sp³-hybridized carbons (Fsp3) is 0. The largest absolute Gasteiger partial charge is 0.354 e. The van der Waals surface area contributed by atoms with Gasteiger partial charge in [0.15, 0.2) is 5.43 Å². The number of hydrogen-bond acceptors (Lipinski definition) is 3. The van der Waals surface area contributed by atoms with Crippen molar-refractivity contribution in [1.82, 2.24) is 10.4 Å². The van der Waals surface area contributed by atoms with E-state index in [0.717, 1.165) is 0 Å². The second kappa shape index (κ2) is 7.46. The maximum Gasteiger partial charge on any atom is 0.273 e. The van der Waals surface area contributed by atoms with E-state index in [1.54, 1.807) is 54.6 Å². The molecule has 0 unspecified atom stereocenters. The molecule has 0 spiro atoms. The molecule has 28 heavy (non-hydrogen) atoms. The van der Waals surface area contributed by atoms with Gasteiger partial charge < -0.3 is 4.98 Å². The zero-order valence-corrected chi connectivity index (χ0v) is 15.9. The average Bonchev–Trinajstić information content (AvgIpc) is 2.70. The van der Waals surface area contributed by atoms with Crippen molar-refractivity contribution in [3.8, 4) is 0 Å². The monoisotopic (exact) mass is 409 g/mol. The van der Waals surface area contributed by atoms with Gasteiger partial charge >= 0.3 is 0 Å². The summed E-state index contributed by atoms with van der Waals surface area (Å²) < 4.78 is 0. The molecule has 138 valence electrons. The highest BCUT2D eigenvalue weighted by molar-refractivity contribution is 6.38. The van der Waals surface area contributed by atoms with E-state index in [9.17, 15) is 9.59 Å². The van der Waals surface area contributed by atoms with Gasteiger partial charge in [0.25, 0.3) is 5.91 Å². The lowest BCUT2D eigenvalue weighted by Gasteiger charge is -2.07. The van der Waals surface area contributed by atoms with Crippen LogP contribution in [0.15, 0.2) is 70.6 Å². The molecule has 0 aliphatic rings. The summed E-state index contributed by atoms with van der Waals surface area (Å²) in [5, 5.41) is 5.79. The number of hydrogen-bond donors (Lipinski definition) is 2. The van der Waals surface area contributed by atoms with Gasteiger partial charge in [-0.25, -0.2) is 5.43 Å². The molecule has 1 amide bonds. The Morgan fingerprint density at radius 3 is 2.39 bits per heavy atom. The van der Waals surface area contributed by atoms with Gasteiger partial charge in [-0.05, 0) is 36.4 Å². The Morgan fingerprint density at radius 1 is 0.929 bits per heavy atom. The number of benzene rings is 3. The van der Waals surface area contributed by atoms with E-state index in [0.29, 0.717) is 43.0 Å². The third-order valence-corrected chi connectivity index (χ3v) is 5.00. The van der Waals surface area contributed by atoms with Gasteiger partial charge in [-0.1, -0.05) is 47.5 Å². The predicted molar refractivity (Wildman–Crippen MR) is 114 cm³/mol. The first-order valence-electron chi connectivity index (χ1n) is 8.37. The van der Waals surface area contributed by atoms with Gasteiger partial charge in [-0.3, -0.25) is 9.59 Å². The molecule has 0 bridgehead atoms. The first kappa shape index (κ1) is 18.2. The number of H-pyrrole nitrogens is 1. The van der Waals surface area contributed by atoms with E-state index < -0.39 is 5.91 Å². The number of hydrazone groups is 1. The summed E-state index contributed by atoms with van der Waals surface area (Å²) in [7, 11) is 0. The number of aromatic amines is 1. The Bertz CT molecular complexity index is 1290. The summed E-state index contributed by atoms with van der Waals surface area (Å²) >= 11 is 12.2. The average molecular weight is 410 g/mol. The van der Waals surface area contributed by atoms with Gasteiger partial charge in [-0.15, -0.1) is 0 Å². The number of carbonyl (C=O) groups excluding carboxylic acids is 1. The van der Waals surface area contributed by atoms with Crippen LogP contribution in [-0.2, 0) is 0 Å². The van der Waals surface area contributed by atoms with E-state index in [4.69, 9.17) is 23.2 Å². The lowest BCUT2D eigenvalue weighted by Crippen LogP contribution is -2.19. The molecule has 0 aliphatic heterocycles. The standard InChI is InChI=1S/C21H13Cl2N3O2/c22-16-8-4-9-17(23)15(16)11-24-26-21(28)14-7-3-6-13-19(14)25-18-10-2-1-5-12(18)20(13)27/h1-11H,(H,25,27)(H,26,28)/b24-11+. The molecule has 2 N–H and O–H groups in total. The van der Waals surface area contributed by atoms with Gasteiger partial charge in [0.1, 0.15) is 0 Å². The highest BCUT2D eigenvalue weighted by atomic mass is 35.5. The number of rotatable bonds is 3. The van der Waals surface area contributed by atoms with Crippen LogP contribution in [0, 0.1) is 0 Å². The molecule has 0 saturated heterocycles. The first-order valence-corrected chi connectivity index (χ1v) is 9.13. The highest BCUT2D eigenvalue weighted by Gasteiger charge is 2.13. The van der Waals surface area contributed by atoms with Crippen molar-refractivity contribution in [2.75, 3.05) is 0 Å². The molecular weight excluding hydrogens is 397 g/mol. The highest BCUT2D eigenvalue weighted by Crippen LogP contribution is 2.22. The van der Waals surface area contributed by atoms with Crippen LogP contribution in [0.5, 0.6) is 0 Å². The SMILES string of the molecule is O=C(N/N=C/c1c(Cl)cccc1Cl)c1cccc2c(=O)c3ccccc3[nH]c12. The number of amides is 1. The molecule has 4 rings (SSSR count). The Kier molecular flexibility index (Phi) is 4.86. The number of nitrogens with one attached hydrogen (secondary N) is 2. The molecule has 3 aromatic carbocycles. The molecule has 4 aromatic rings. The van der Waals surface area contributed by atoms with Crippen LogP contribution >= 0.6 is 23.2 Å². The number of nitrogens with zero attached hydrogens (tertiary/aromatic N) is 1. The number of fused-ring (bicyclic) bond motifs is 2. The van der Waals surface area contributed by atoms with Crippen molar-refractivity contribution in [1.29, 1.82) is 0 Å². The molecule has 0 radical (unpaired) electrons. The van der Waals surface area contributed by atoms with Crippen molar-refractivity contribution in [3.63, 3.8) is 0 Å². The Morgan fingerprint density at radius 2 is 1.61 bits per heavy atom. The third-order valence-electron chi connectivity index (χ3n) is 4.34. The summed E-state index contributed by atoms with van der Waals surface area (Å²) in [6.45, 7) is 0. The maximum absolute atomic E-state index is 12.7.